The maximum atomic E-state index is 15.2. The second-order valence-corrected chi connectivity index (χ2v) is 7.91. The standard InChI is InChI=1S/C26H24F4O2/c1-3-5-17-13-19-14-18-10-9-16(23(29)25(18)32-26(19)24(30)22(17)28)8-6-15-7-11-21(31-4-2)20(27)12-15/h7,9-13H,3-6,8,14H2,1-2H3. The van der Waals surface area contributed by atoms with Crippen LogP contribution in [0.25, 0.3) is 0 Å². The lowest BCUT2D eigenvalue weighted by molar-refractivity contribution is 0.321. The van der Waals surface area contributed by atoms with E-state index in [2.05, 4.69) is 0 Å². The molecular formula is C26H24F4O2. The van der Waals surface area contributed by atoms with Crippen LogP contribution in [0.15, 0.2) is 36.4 Å². The van der Waals surface area contributed by atoms with Crippen molar-refractivity contribution in [3.8, 4) is 17.2 Å². The molecule has 32 heavy (non-hydrogen) atoms. The molecule has 1 aliphatic heterocycles. The Morgan fingerprint density at radius 3 is 2.28 bits per heavy atom. The molecule has 1 heterocycles. The molecule has 0 saturated carbocycles. The fourth-order valence-electron chi connectivity index (χ4n) is 4.05. The summed E-state index contributed by atoms with van der Waals surface area (Å²) in [6, 6.07) is 9.69. The molecule has 0 unspecified atom stereocenters. The van der Waals surface area contributed by atoms with Gasteiger partial charge in [0.2, 0.25) is 5.82 Å². The first-order valence-corrected chi connectivity index (χ1v) is 10.8. The van der Waals surface area contributed by atoms with Gasteiger partial charge in [-0.15, -0.1) is 0 Å². The topological polar surface area (TPSA) is 18.5 Å². The minimum absolute atomic E-state index is 0.0746. The summed E-state index contributed by atoms with van der Waals surface area (Å²) >= 11 is 0. The van der Waals surface area contributed by atoms with Gasteiger partial charge in [0, 0.05) is 17.5 Å². The molecule has 3 aromatic carbocycles. The summed E-state index contributed by atoms with van der Waals surface area (Å²) in [5.41, 5.74) is 2.46. The predicted molar refractivity (Wildman–Crippen MR) is 115 cm³/mol. The zero-order chi connectivity index (χ0) is 22.8. The third-order valence-corrected chi connectivity index (χ3v) is 5.66. The Kier molecular flexibility index (Phi) is 6.40. The molecule has 0 aromatic heterocycles. The summed E-state index contributed by atoms with van der Waals surface area (Å²) in [4.78, 5) is 0. The molecule has 0 saturated heterocycles. The first kappa shape index (κ1) is 22.2. The van der Waals surface area contributed by atoms with Crippen LogP contribution in [-0.4, -0.2) is 6.61 Å². The normalized spacial score (nSPS) is 12.2. The number of hydrogen-bond donors (Lipinski definition) is 0. The van der Waals surface area contributed by atoms with Crippen molar-refractivity contribution in [2.24, 2.45) is 0 Å². The van der Waals surface area contributed by atoms with Crippen LogP contribution < -0.4 is 9.47 Å². The molecule has 0 N–H and O–H groups in total. The molecule has 0 spiro atoms. The SMILES string of the molecule is CCCc1cc2c(c(F)c1F)Oc1c(ccc(CCc3ccc(OCC)c(F)c3)c1F)C2. The summed E-state index contributed by atoms with van der Waals surface area (Å²) in [7, 11) is 0. The summed E-state index contributed by atoms with van der Waals surface area (Å²) in [5.74, 6) is -3.23. The number of fused-ring (bicyclic) bond motifs is 2. The fourth-order valence-corrected chi connectivity index (χ4v) is 4.05. The highest BCUT2D eigenvalue weighted by Gasteiger charge is 2.28. The highest BCUT2D eigenvalue weighted by Crippen LogP contribution is 2.42. The number of halogens is 4. The maximum Gasteiger partial charge on any atom is 0.201 e. The first-order chi connectivity index (χ1) is 15.4. The van der Waals surface area contributed by atoms with Gasteiger partial charge in [0.05, 0.1) is 6.61 Å². The van der Waals surface area contributed by atoms with Gasteiger partial charge in [-0.1, -0.05) is 31.5 Å². The minimum atomic E-state index is -1.08. The van der Waals surface area contributed by atoms with Crippen molar-refractivity contribution >= 4 is 0 Å². The molecule has 0 fully saturated rings. The zero-order valence-corrected chi connectivity index (χ0v) is 18.0. The van der Waals surface area contributed by atoms with E-state index in [1.54, 1.807) is 37.3 Å². The van der Waals surface area contributed by atoms with E-state index in [0.29, 0.717) is 60.1 Å². The molecule has 168 valence electrons. The Labute approximate surface area is 184 Å². The van der Waals surface area contributed by atoms with Crippen LogP contribution in [0.4, 0.5) is 17.6 Å². The third-order valence-electron chi connectivity index (χ3n) is 5.66. The number of rotatable bonds is 7. The van der Waals surface area contributed by atoms with Gasteiger partial charge in [0.1, 0.15) is 0 Å². The number of aryl methyl sites for hydroxylation is 3. The molecule has 0 radical (unpaired) electrons. The summed E-state index contributed by atoms with van der Waals surface area (Å²) in [6.45, 7) is 4.03. The molecule has 3 aromatic rings. The van der Waals surface area contributed by atoms with Gasteiger partial charge in [-0.05, 0) is 61.1 Å². The van der Waals surface area contributed by atoms with Gasteiger partial charge in [-0.25, -0.2) is 13.2 Å². The molecule has 0 aliphatic carbocycles. The first-order valence-electron chi connectivity index (χ1n) is 10.8. The highest BCUT2D eigenvalue weighted by atomic mass is 19.2. The average Bonchev–Trinajstić information content (AvgIpc) is 2.78. The smallest absolute Gasteiger partial charge is 0.201 e. The highest BCUT2D eigenvalue weighted by molar-refractivity contribution is 5.53. The van der Waals surface area contributed by atoms with Crippen molar-refractivity contribution in [3.05, 3.63) is 87.5 Å². The van der Waals surface area contributed by atoms with E-state index in [-0.39, 0.29) is 23.7 Å². The lowest BCUT2D eigenvalue weighted by Crippen LogP contribution is -2.11. The van der Waals surface area contributed by atoms with Gasteiger partial charge in [-0.2, -0.15) is 4.39 Å². The molecule has 4 rings (SSSR count). The lowest BCUT2D eigenvalue weighted by atomic mass is 9.94. The van der Waals surface area contributed by atoms with Crippen molar-refractivity contribution < 1.29 is 27.0 Å². The monoisotopic (exact) mass is 444 g/mol. The summed E-state index contributed by atoms with van der Waals surface area (Å²) in [6.07, 6.45) is 2.07. The maximum absolute atomic E-state index is 15.2. The molecule has 2 nitrogen and oxygen atoms in total. The predicted octanol–water partition coefficient (Wildman–Crippen LogP) is 7.08. The number of hydrogen-bond acceptors (Lipinski definition) is 2. The Hall–Kier alpha value is -3.02. The van der Waals surface area contributed by atoms with E-state index in [1.165, 1.54) is 6.07 Å². The quantitative estimate of drug-likeness (QED) is 0.284. The van der Waals surface area contributed by atoms with Crippen LogP contribution in [0.5, 0.6) is 17.2 Å². The van der Waals surface area contributed by atoms with E-state index < -0.39 is 23.3 Å². The Balaban J connectivity index is 1.56. The van der Waals surface area contributed by atoms with Crippen molar-refractivity contribution in [2.75, 3.05) is 6.61 Å². The van der Waals surface area contributed by atoms with Gasteiger partial charge >= 0.3 is 0 Å². The van der Waals surface area contributed by atoms with E-state index in [4.69, 9.17) is 9.47 Å². The van der Waals surface area contributed by atoms with Gasteiger partial charge in [-0.3, -0.25) is 0 Å². The van der Waals surface area contributed by atoms with Crippen molar-refractivity contribution in [2.45, 2.75) is 46.0 Å². The third kappa shape index (κ3) is 4.18. The largest absolute Gasteiger partial charge is 0.491 e. The molecule has 1 aliphatic rings. The molecule has 6 heteroatoms. The fraction of sp³-hybridized carbons (Fsp3) is 0.308. The van der Waals surface area contributed by atoms with E-state index in [1.807, 2.05) is 6.92 Å². The Bertz CT molecular complexity index is 1160. The van der Waals surface area contributed by atoms with E-state index in [0.717, 1.165) is 0 Å². The minimum Gasteiger partial charge on any atom is -0.491 e. The second kappa shape index (κ2) is 9.23. The van der Waals surface area contributed by atoms with E-state index >= 15 is 4.39 Å². The summed E-state index contributed by atoms with van der Waals surface area (Å²) < 4.78 is 69.0. The molecule has 0 amide bonds. The van der Waals surface area contributed by atoms with Crippen LogP contribution >= 0.6 is 0 Å². The lowest BCUT2D eigenvalue weighted by Gasteiger charge is -2.23. The summed E-state index contributed by atoms with van der Waals surface area (Å²) in [5, 5.41) is 0. The molecule has 0 atom stereocenters. The second-order valence-electron chi connectivity index (χ2n) is 7.91. The van der Waals surface area contributed by atoms with Gasteiger partial charge < -0.3 is 9.47 Å². The zero-order valence-electron chi connectivity index (χ0n) is 18.0. The Morgan fingerprint density at radius 2 is 1.56 bits per heavy atom. The van der Waals surface area contributed by atoms with E-state index in [9.17, 15) is 13.2 Å². The van der Waals surface area contributed by atoms with Crippen molar-refractivity contribution in [1.82, 2.24) is 0 Å². The van der Waals surface area contributed by atoms with Crippen LogP contribution in [-0.2, 0) is 25.7 Å². The van der Waals surface area contributed by atoms with Crippen LogP contribution in [0.1, 0.15) is 48.1 Å². The average molecular weight is 444 g/mol. The van der Waals surface area contributed by atoms with Crippen molar-refractivity contribution in [1.29, 1.82) is 0 Å². The van der Waals surface area contributed by atoms with Gasteiger partial charge in [0.25, 0.3) is 0 Å². The number of ether oxygens (including phenoxy) is 2. The van der Waals surface area contributed by atoms with Crippen LogP contribution in [0.2, 0.25) is 0 Å². The molecule has 0 bridgehead atoms. The number of benzene rings is 3. The van der Waals surface area contributed by atoms with Crippen molar-refractivity contribution in [3.63, 3.8) is 0 Å². The Morgan fingerprint density at radius 1 is 0.781 bits per heavy atom. The molecular weight excluding hydrogens is 420 g/mol. The van der Waals surface area contributed by atoms with Crippen LogP contribution in [0, 0.1) is 23.3 Å². The van der Waals surface area contributed by atoms with Gasteiger partial charge in [0.15, 0.2) is 34.7 Å². The van der Waals surface area contributed by atoms with Crippen LogP contribution in [0.3, 0.4) is 0 Å².